The molecule has 4 atom stereocenters. The molecule has 0 heterocycles. The van der Waals surface area contributed by atoms with Crippen LogP contribution in [0.5, 0.6) is 0 Å². The second-order valence-electron chi connectivity index (χ2n) is 4.62. The van der Waals surface area contributed by atoms with Crippen molar-refractivity contribution in [2.45, 2.75) is 32.8 Å². The SMILES string of the molecule is CC1CC(C2C=C2)C(C)CC1O. The summed E-state index contributed by atoms with van der Waals surface area (Å²) >= 11 is 0. The first-order valence-corrected chi connectivity index (χ1v) is 5.05. The Labute approximate surface area is 74.5 Å². The number of allylic oxidation sites excluding steroid dienone is 2. The Kier molecular flexibility index (Phi) is 1.99. The molecular formula is C11H18O. The van der Waals surface area contributed by atoms with Gasteiger partial charge in [-0.1, -0.05) is 26.0 Å². The van der Waals surface area contributed by atoms with Crippen molar-refractivity contribution in [1.29, 1.82) is 0 Å². The highest BCUT2D eigenvalue weighted by Crippen LogP contribution is 2.42. The summed E-state index contributed by atoms with van der Waals surface area (Å²) in [6, 6.07) is 0. The van der Waals surface area contributed by atoms with Crippen molar-refractivity contribution in [3.05, 3.63) is 12.2 Å². The summed E-state index contributed by atoms with van der Waals surface area (Å²) in [5, 5.41) is 9.65. The van der Waals surface area contributed by atoms with Gasteiger partial charge in [0.15, 0.2) is 0 Å². The molecule has 2 aliphatic rings. The minimum atomic E-state index is -0.0463. The number of rotatable bonds is 1. The van der Waals surface area contributed by atoms with Gasteiger partial charge in [-0.2, -0.15) is 0 Å². The Morgan fingerprint density at radius 2 is 1.75 bits per heavy atom. The van der Waals surface area contributed by atoms with Gasteiger partial charge in [-0.15, -0.1) is 0 Å². The Morgan fingerprint density at radius 1 is 1.08 bits per heavy atom. The van der Waals surface area contributed by atoms with E-state index in [-0.39, 0.29) is 6.10 Å². The number of aliphatic hydroxyl groups excluding tert-OH is 1. The van der Waals surface area contributed by atoms with E-state index >= 15 is 0 Å². The predicted molar refractivity (Wildman–Crippen MR) is 49.7 cm³/mol. The zero-order valence-electron chi connectivity index (χ0n) is 7.90. The van der Waals surface area contributed by atoms with E-state index in [4.69, 9.17) is 0 Å². The lowest BCUT2D eigenvalue weighted by atomic mass is 9.71. The van der Waals surface area contributed by atoms with Gasteiger partial charge in [-0.25, -0.2) is 0 Å². The van der Waals surface area contributed by atoms with Crippen molar-refractivity contribution >= 4 is 0 Å². The van der Waals surface area contributed by atoms with Crippen LogP contribution in [0.2, 0.25) is 0 Å². The molecule has 0 amide bonds. The smallest absolute Gasteiger partial charge is 0.0568 e. The average molecular weight is 166 g/mol. The molecule has 1 fully saturated rings. The largest absolute Gasteiger partial charge is 0.393 e. The van der Waals surface area contributed by atoms with E-state index in [1.54, 1.807) is 0 Å². The molecule has 0 spiro atoms. The van der Waals surface area contributed by atoms with Crippen molar-refractivity contribution < 1.29 is 5.11 Å². The minimum absolute atomic E-state index is 0.0463. The fraction of sp³-hybridized carbons (Fsp3) is 0.818. The van der Waals surface area contributed by atoms with E-state index < -0.39 is 0 Å². The van der Waals surface area contributed by atoms with Crippen LogP contribution in [0.4, 0.5) is 0 Å². The molecule has 1 saturated carbocycles. The summed E-state index contributed by atoms with van der Waals surface area (Å²) in [6.07, 6.45) is 6.76. The topological polar surface area (TPSA) is 20.2 Å². The van der Waals surface area contributed by atoms with Gasteiger partial charge in [0.05, 0.1) is 6.10 Å². The number of hydrogen-bond acceptors (Lipinski definition) is 1. The molecular weight excluding hydrogens is 148 g/mol. The highest BCUT2D eigenvalue weighted by Gasteiger charge is 2.36. The quantitative estimate of drug-likeness (QED) is 0.592. The third-order valence-corrected chi connectivity index (χ3v) is 3.55. The summed E-state index contributed by atoms with van der Waals surface area (Å²) in [6.45, 7) is 4.45. The maximum Gasteiger partial charge on any atom is 0.0568 e. The normalized spacial score (nSPS) is 47.9. The monoisotopic (exact) mass is 166 g/mol. The molecule has 0 bridgehead atoms. The third kappa shape index (κ3) is 1.42. The van der Waals surface area contributed by atoms with Crippen LogP contribution in [0.25, 0.3) is 0 Å². The van der Waals surface area contributed by atoms with Crippen LogP contribution in [-0.2, 0) is 0 Å². The van der Waals surface area contributed by atoms with Gasteiger partial charge in [0.25, 0.3) is 0 Å². The molecule has 0 aliphatic heterocycles. The minimum Gasteiger partial charge on any atom is -0.393 e. The zero-order valence-corrected chi connectivity index (χ0v) is 7.90. The molecule has 0 radical (unpaired) electrons. The Hall–Kier alpha value is -0.300. The fourth-order valence-electron chi connectivity index (χ4n) is 2.49. The van der Waals surface area contributed by atoms with Crippen molar-refractivity contribution in [2.24, 2.45) is 23.7 Å². The van der Waals surface area contributed by atoms with Crippen LogP contribution < -0.4 is 0 Å². The molecule has 0 saturated heterocycles. The first-order valence-electron chi connectivity index (χ1n) is 5.05. The van der Waals surface area contributed by atoms with Crippen LogP contribution in [-0.4, -0.2) is 11.2 Å². The molecule has 1 N–H and O–H groups in total. The van der Waals surface area contributed by atoms with E-state index in [0.29, 0.717) is 11.8 Å². The lowest BCUT2D eigenvalue weighted by Gasteiger charge is -2.36. The number of hydrogen-bond donors (Lipinski definition) is 1. The molecule has 4 unspecified atom stereocenters. The summed E-state index contributed by atoms with van der Waals surface area (Å²) in [7, 11) is 0. The molecule has 2 aliphatic carbocycles. The van der Waals surface area contributed by atoms with Gasteiger partial charge in [0.1, 0.15) is 0 Å². The lowest BCUT2D eigenvalue weighted by molar-refractivity contribution is 0.0242. The predicted octanol–water partition coefficient (Wildman–Crippen LogP) is 2.22. The van der Waals surface area contributed by atoms with Gasteiger partial charge in [-0.05, 0) is 36.5 Å². The summed E-state index contributed by atoms with van der Waals surface area (Å²) in [5.74, 6) is 2.81. The average Bonchev–Trinajstić information content (AvgIpc) is 2.79. The van der Waals surface area contributed by atoms with Crippen molar-refractivity contribution in [3.8, 4) is 0 Å². The second-order valence-corrected chi connectivity index (χ2v) is 4.62. The van der Waals surface area contributed by atoms with E-state index in [0.717, 1.165) is 18.3 Å². The summed E-state index contributed by atoms with van der Waals surface area (Å²) in [5.41, 5.74) is 0. The van der Waals surface area contributed by atoms with Crippen LogP contribution >= 0.6 is 0 Å². The zero-order chi connectivity index (χ0) is 8.72. The summed E-state index contributed by atoms with van der Waals surface area (Å²) < 4.78 is 0. The molecule has 1 nitrogen and oxygen atoms in total. The van der Waals surface area contributed by atoms with Crippen molar-refractivity contribution in [3.63, 3.8) is 0 Å². The molecule has 12 heavy (non-hydrogen) atoms. The Bertz CT molecular complexity index is 191. The molecule has 0 aromatic rings. The van der Waals surface area contributed by atoms with Gasteiger partial charge in [0.2, 0.25) is 0 Å². The lowest BCUT2D eigenvalue weighted by Crippen LogP contribution is -2.33. The Balaban J connectivity index is 1.96. The van der Waals surface area contributed by atoms with Crippen LogP contribution in [0.3, 0.4) is 0 Å². The van der Waals surface area contributed by atoms with Crippen LogP contribution in [0, 0.1) is 23.7 Å². The molecule has 0 aromatic carbocycles. The van der Waals surface area contributed by atoms with Gasteiger partial charge in [0, 0.05) is 0 Å². The van der Waals surface area contributed by atoms with Crippen molar-refractivity contribution in [2.75, 3.05) is 0 Å². The highest BCUT2D eigenvalue weighted by molar-refractivity contribution is 5.16. The van der Waals surface area contributed by atoms with E-state index in [2.05, 4.69) is 26.0 Å². The Morgan fingerprint density at radius 3 is 2.33 bits per heavy atom. The van der Waals surface area contributed by atoms with E-state index in [1.165, 1.54) is 6.42 Å². The fourth-order valence-corrected chi connectivity index (χ4v) is 2.49. The molecule has 0 aromatic heterocycles. The molecule has 68 valence electrons. The van der Waals surface area contributed by atoms with Gasteiger partial charge in [-0.3, -0.25) is 0 Å². The maximum absolute atomic E-state index is 9.65. The first-order chi connectivity index (χ1) is 5.68. The maximum atomic E-state index is 9.65. The highest BCUT2D eigenvalue weighted by atomic mass is 16.3. The third-order valence-electron chi connectivity index (χ3n) is 3.55. The number of aliphatic hydroxyl groups is 1. The van der Waals surface area contributed by atoms with Gasteiger partial charge >= 0.3 is 0 Å². The second kappa shape index (κ2) is 2.88. The van der Waals surface area contributed by atoms with Crippen LogP contribution in [0.1, 0.15) is 26.7 Å². The summed E-state index contributed by atoms with van der Waals surface area (Å²) in [4.78, 5) is 0. The van der Waals surface area contributed by atoms with Gasteiger partial charge < -0.3 is 5.11 Å². The van der Waals surface area contributed by atoms with Crippen molar-refractivity contribution in [1.82, 2.24) is 0 Å². The molecule has 1 heteroatoms. The first kappa shape index (κ1) is 8.31. The molecule has 2 rings (SSSR count). The standard InChI is InChI=1S/C11H18O/c1-7-6-11(12)8(2)5-10(7)9-3-4-9/h3-4,7-12H,5-6H2,1-2H3. The van der Waals surface area contributed by atoms with E-state index in [1.807, 2.05) is 0 Å². The van der Waals surface area contributed by atoms with E-state index in [9.17, 15) is 5.11 Å². The van der Waals surface area contributed by atoms with Crippen LogP contribution in [0.15, 0.2) is 12.2 Å².